The van der Waals surface area contributed by atoms with Crippen LogP contribution in [-0.2, 0) is 25.8 Å². The Morgan fingerprint density at radius 2 is 1.84 bits per heavy atom. The van der Waals surface area contributed by atoms with Gasteiger partial charge in [0.2, 0.25) is 5.16 Å². The number of anilines is 1. The van der Waals surface area contributed by atoms with E-state index in [9.17, 15) is 18.6 Å². The molecule has 37 heavy (non-hydrogen) atoms. The van der Waals surface area contributed by atoms with Crippen LogP contribution in [0.5, 0.6) is 0 Å². The van der Waals surface area contributed by atoms with Crippen molar-refractivity contribution < 1.29 is 18.5 Å². The fourth-order valence-electron chi connectivity index (χ4n) is 3.68. The van der Waals surface area contributed by atoms with Crippen molar-refractivity contribution in [1.82, 2.24) is 24.0 Å². The number of aromatic nitrogens is 4. The number of imidazole rings is 1. The highest BCUT2D eigenvalue weighted by Gasteiger charge is 2.28. The normalized spacial score (nSPS) is 13.3. The first kappa shape index (κ1) is 27.8. The molecule has 1 amide bonds. The topological polar surface area (TPSA) is 166 Å². The number of hydrogen-bond donors (Lipinski definition) is 2. The highest BCUT2D eigenvalue weighted by Crippen LogP contribution is 2.22. The Labute approximate surface area is 215 Å². The number of fused-ring (bicyclic) bond motifs is 1. The van der Waals surface area contributed by atoms with E-state index < -0.39 is 33.0 Å². The first-order valence-electron chi connectivity index (χ1n) is 11.8. The summed E-state index contributed by atoms with van der Waals surface area (Å²) in [5, 5.41) is -0.288. The second kappa shape index (κ2) is 10.7. The van der Waals surface area contributed by atoms with E-state index in [-0.39, 0.29) is 47.4 Å². The average molecular weight is 532 g/mol. The molecule has 3 N–H and O–H groups in total. The van der Waals surface area contributed by atoms with Crippen LogP contribution in [0.2, 0.25) is 0 Å². The summed E-state index contributed by atoms with van der Waals surface area (Å²) in [5.41, 5.74) is 5.50. The van der Waals surface area contributed by atoms with Crippen LogP contribution in [-0.4, -0.2) is 65.2 Å². The van der Waals surface area contributed by atoms with Gasteiger partial charge in [0, 0.05) is 19.3 Å². The maximum absolute atomic E-state index is 13.5. The molecule has 0 aliphatic carbocycles. The molecule has 0 bridgehead atoms. The van der Waals surface area contributed by atoms with Crippen LogP contribution >= 0.6 is 0 Å². The molecule has 3 aromatic rings. The molecule has 13 heteroatoms. The second-order valence-corrected chi connectivity index (χ2v) is 11.8. The Bertz CT molecular complexity index is 1470. The largest absolute Gasteiger partial charge is 0.460 e. The van der Waals surface area contributed by atoms with E-state index in [0.29, 0.717) is 6.42 Å². The van der Waals surface area contributed by atoms with E-state index in [1.165, 1.54) is 16.5 Å². The number of ether oxygens (including phenoxy) is 1. The third-order valence-corrected chi connectivity index (χ3v) is 7.09. The zero-order valence-electron chi connectivity index (χ0n) is 21.7. The molecule has 0 aliphatic rings. The quantitative estimate of drug-likeness (QED) is 0.330. The summed E-state index contributed by atoms with van der Waals surface area (Å²) < 4.78 is 28.5. The van der Waals surface area contributed by atoms with Crippen molar-refractivity contribution in [3.63, 3.8) is 0 Å². The number of amides is 1. The van der Waals surface area contributed by atoms with Gasteiger partial charge in [0.05, 0.1) is 13.0 Å². The van der Waals surface area contributed by atoms with Crippen LogP contribution in [0.1, 0.15) is 46.1 Å². The van der Waals surface area contributed by atoms with Gasteiger partial charge in [0.15, 0.2) is 11.5 Å². The molecule has 2 aromatic heterocycles. The van der Waals surface area contributed by atoms with E-state index in [0.717, 1.165) is 10.1 Å². The summed E-state index contributed by atoms with van der Waals surface area (Å²) in [4.78, 5) is 48.6. The molecule has 3 rings (SSSR count). The maximum atomic E-state index is 13.5. The van der Waals surface area contributed by atoms with Crippen molar-refractivity contribution in [2.24, 2.45) is 0 Å². The van der Waals surface area contributed by atoms with Crippen LogP contribution in [0.3, 0.4) is 0 Å². The number of hydrogen-bond acceptors (Lipinski definition) is 9. The lowest BCUT2D eigenvalue weighted by atomic mass is 10.2. The Morgan fingerprint density at radius 1 is 1.19 bits per heavy atom. The summed E-state index contributed by atoms with van der Waals surface area (Å²) in [7, 11) is -1.91. The van der Waals surface area contributed by atoms with Gasteiger partial charge in [-0.2, -0.15) is 4.98 Å². The van der Waals surface area contributed by atoms with Crippen LogP contribution in [0, 0.1) is 4.78 Å². The molecule has 200 valence electrons. The highest BCUT2D eigenvalue weighted by atomic mass is 32.2. The van der Waals surface area contributed by atoms with Crippen molar-refractivity contribution in [2.75, 3.05) is 25.1 Å². The summed E-state index contributed by atoms with van der Waals surface area (Å²) in [6.45, 7) is 7.06. The molecule has 1 atom stereocenters. The molecule has 1 unspecified atom stereocenters. The van der Waals surface area contributed by atoms with Crippen LogP contribution in [0.25, 0.3) is 11.2 Å². The number of carbonyl (C=O) groups is 2. The summed E-state index contributed by atoms with van der Waals surface area (Å²) in [6, 6.07) is 8.32. The molecule has 2 heterocycles. The monoisotopic (exact) mass is 531 g/mol. The van der Waals surface area contributed by atoms with Crippen molar-refractivity contribution in [1.29, 1.82) is 4.78 Å². The van der Waals surface area contributed by atoms with Gasteiger partial charge in [-0.05, 0) is 32.8 Å². The van der Waals surface area contributed by atoms with E-state index in [1.807, 2.05) is 18.2 Å². The molecule has 0 saturated heterocycles. The predicted molar refractivity (Wildman–Crippen MR) is 140 cm³/mol. The van der Waals surface area contributed by atoms with Crippen LogP contribution in [0.4, 0.5) is 10.6 Å². The first-order valence-corrected chi connectivity index (χ1v) is 13.5. The molecule has 0 radical (unpaired) electrons. The minimum atomic E-state index is -3.36. The van der Waals surface area contributed by atoms with E-state index >= 15 is 0 Å². The van der Waals surface area contributed by atoms with Gasteiger partial charge in [-0.15, -0.1) is 0 Å². The van der Waals surface area contributed by atoms with Crippen LogP contribution < -0.4 is 11.4 Å². The summed E-state index contributed by atoms with van der Waals surface area (Å²) >= 11 is 0. The third-order valence-electron chi connectivity index (χ3n) is 5.33. The Hall–Kier alpha value is -3.74. The second-order valence-electron chi connectivity index (χ2n) is 9.67. The van der Waals surface area contributed by atoms with Gasteiger partial charge >= 0.3 is 17.7 Å². The summed E-state index contributed by atoms with van der Waals surface area (Å²) in [5.74, 6) is -0.707. The lowest BCUT2D eigenvalue weighted by molar-refractivity contribution is -0.154. The summed E-state index contributed by atoms with van der Waals surface area (Å²) in [6.07, 6.45) is 0.382. The predicted octanol–water partition coefficient (Wildman–Crippen LogP) is 2.67. The number of carbonyl (C=O) groups excluding carboxylic acids is 2. The average Bonchev–Trinajstić information content (AvgIpc) is 3.08. The van der Waals surface area contributed by atoms with E-state index in [2.05, 4.69) is 9.97 Å². The standard InChI is InChI=1S/C24H33N7O5S/c1-6-14-37(26,35)21-27-19(25)18-20(28-21)30(15-16-10-8-7-9-11-16)23(34)31(18)22(33)29(5)13-12-17(32)36-24(2,3)4/h7-11,26H,6,12-15H2,1-5H3,(H2,25,27,28). The number of nitrogens with one attached hydrogen (secondary N) is 1. The van der Waals surface area contributed by atoms with Crippen molar-refractivity contribution in [3.05, 3.63) is 46.4 Å². The van der Waals surface area contributed by atoms with Gasteiger partial charge in [0.1, 0.15) is 20.8 Å². The number of nitrogens with zero attached hydrogens (tertiary/aromatic N) is 5. The fraction of sp³-hybridized carbons (Fsp3) is 0.458. The van der Waals surface area contributed by atoms with Gasteiger partial charge in [-0.3, -0.25) is 9.36 Å². The van der Waals surface area contributed by atoms with E-state index in [4.69, 9.17) is 15.3 Å². The molecule has 0 spiro atoms. The number of nitrogen functional groups attached to an aromatic ring is 1. The molecule has 0 aliphatic heterocycles. The zero-order chi connectivity index (χ0) is 27.5. The Balaban J connectivity index is 2.10. The van der Waals surface area contributed by atoms with Crippen LogP contribution in [0.15, 0.2) is 40.3 Å². The Morgan fingerprint density at radius 3 is 2.43 bits per heavy atom. The van der Waals surface area contributed by atoms with Gasteiger partial charge in [-0.25, -0.2) is 28.1 Å². The molecule has 0 fully saturated rings. The number of benzene rings is 1. The smallest absolute Gasteiger partial charge is 0.339 e. The van der Waals surface area contributed by atoms with Gasteiger partial charge < -0.3 is 15.4 Å². The minimum Gasteiger partial charge on any atom is -0.460 e. The third kappa shape index (κ3) is 6.34. The maximum Gasteiger partial charge on any atom is 0.339 e. The molecular weight excluding hydrogens is 498 g/mol. The molecular formula is C24H33N7O5S. The van der Waals surface area contributed by atoms with Gasteiger partial charge in [-0.1, -0.05) is 37.3 Å². The highest BCUT2D eigenvalue weighted by molar-refractivity contribution is 7.92. The Kier molecular flexibility index (Phi) is 8.06. The molecule has 1 aromatic carbocycles. The lowest BCUT2D eigenvalue weighted by Gasteiger charge is -2.21. The first-order chi connectivity index (χ1) is 17.2. The van der Waals surface area contributed by atoms with Crippen molar-refractivity contribution in [2.45, 2.75) is 57.8 Å². The number of nitrogens with two attached hydrogens (primary N) is 1. The molecule has 12 nitrogen and oxygen atoms in total. The van der Waals surface area contributed by atoms with Crippen molar-refractivity contribution >= 4 is 38.7 Å². The van der Waals surface area contributed by atoms with E-state index in [1.54, 1.807) is 39.8 Å². The fourth-order valence-corrected chi connectivity index (χ4v) is 4.92. The number of esters is 1. The minimum absolute atomic E-state index is 0.00123. The van der Waals surface area contributed by atoms with Gasteiger partial charge in [0.25, 0.3) is 0 Å². The van der Waals surface area contributed by atoms with Crippen molar-refractivity contribution in [3.8, 4) is 0 Å². The molecule has 0 saturated carbocycles. The lowest BCUT2D eigenvalue weighted by Crippen LogP contribution is -2.39. The zero-order valence-corrected chi connectivity index (χ0v) is 22.5. The SMILES string of the molecule is CCCS(=N)(=O)c1nc(N)c2c(n1)n(Cc1ccccc1)c(=O)n2C(=O)N(C)CCC(=O)OC(C)(C)C. The number of rotatable bonds is 8.